The third kappa shape index (κ3) is 4.59. The molecule has 0 aliphatic carbocycles. The summed E-state index contributed by atoms with van der Waals surface area (Å²) in [6.45, 7) is 3.91. The third-order valence-corrected chi connectivity index (χ3v) is 4.21. The molecule has 2 N–H and O–H groups in total. The number of nitrogens with zero attached hydrogens (tertiary/aromatic N) is 4. The van der Waals surface area contributed by atoms with E-state index in [0.29, 0.717) is 43.6 Å². The monoisotopic (exact) mass is 356 g/mol. The van der Waals surface area contributed by atoms with Gasteiger partial charge in [-0.25, -0.2) is 0 Å². The van der Waals surface area contributed by atoms with Crippen LogP contribution in [0.2, 0.25) is 0 Å². The van der Waals surface area contributed by atoms with Crippen molar-refractivity contribution >= 4 is 17.6 Å². The molecule has 1 aromatic heterocycles. The highest BCUT2D eigenvalue weighted by Crippen LogP contribution is 2.21. The second-order valence-corrected chi connectivity index (χ2v) is 6.15. The molecule has 1 saturated heterocycles. The number of anilines is 1. The maximum absolute atomic E-state index is 11.8. The fourth-order valence-corrected chi connectivity index (χ4v) is 2.85. The SMILES string of the molecule is CN=C(NCCc1nc(C)no1)NCc1ccc(N2CCCC2=O)cc1. The predicted octanol–water partition coefficient (Wildman–Crippen LogP) is 1.41. The number of hydrogen-bond donors (Lipinski definition) is 2. The number of hydrogen-bond acceptors (Lipinski definition) is 5. The van der Waals surface area contributed by atoms with Gasteiger partial charge < -0.3 is 20.1 Å². The third-order valence-electron chi connectivity index (χ3n) is 4.21. The zero-order valence-electron chi connectivity index (χ0n) is 15.2. The van der Waals surface area contributed by atoms with Crippen LogP contribution in [0.4, 0.5) is 5.69 Å². The van der Waals surface area contributed by atoms with Gasteiger partial charge in [0.2, 0.25) is 11.8 Å². The number of benzene rings is 1. The van der Waals surface area contributed by atoms with Crippen molar-refractivity contribution in [1.82, 2.24) is 20.8 Å². The van der Waals surface area contributed by atoms with E-state index in [9.17, 15) is 4.79 Å². The summed E-state index contributed by atoms with van der Waals surface area (Å²) < 4.78 is 5.08. The van der Waals surface area contributed by atoms with Crippen LogP contribution in [0.25, 0.3) is 0 Å². The Morgan fingerprint density at radius 2 is 2.12 bits per heavy atom. The molecule has 8 nitrogen and oxygen atoms in total. The molecule has 0 atom stereocenters. The molecule has 1 aliphatic heterocycles. The first-order chi connectivity index (χ1) is 12.7. The van der Waals surface area contributed by atoms with Crippen molar-refractivity contribution in [3.8, 4) is 0 Å². The summed E-state index contributed by atoms with van der Waals surface area (Å²) >= 11 is 0. The topological polar surface area (TPSA) is 95.7 Å². The van der Waals surface area contributed by atoms with Gasteiger partial charge in [-0.3, -0.25) is 9.79 Å². The molecule has 0 spiro atoms. The molecule has 0 saturated carbocycles. The van der Waals surface area contributed by atoms with Crippen LogP contribution < -0.4 is 15.5 Å². The minimum atomic E-state index is 0.205. The van der Waals surface area contributed by atoms with Gasteiger partial charge in [0, 0.05) is 45.2 Å². The number of carbonyl (C=O) groups excluding carboxylic acids is 1. The minimum Gasteiger partial charge on any atom is -0.356 e. The fourth-order valence-electron chi connectivity index (χ4n) is 2.85. The largest absolute Gasteiger partial charge is 0.356 e. The van der Waals surface area contributed by atoms with E-state index in [0.717, 1.165) is 24.2 Å². The van der Waals surface area contributed by atoms with Crippen molar-refractivity contribution < 1.29 is 9.32 Å². The molecule has 8 heteroatoms. The maximum atomic E-state index is 11.8. The van der Waals surface area contributed by atoms with Gasteiger partial charge in [-0.1, -0.05) is 17.3 Å². The van der Waals surface area contributed by atoms with Gasteiger partial charge in [-0.15, -0.1) is 0 Å². The number of carbonyl (C=O) groups is 1. The fraction of sp³-hybridized carbons (Fsp3) is 0.444. The van der Waals surface area contributed by atoms with Crippen molar-refractivity contribution in [2.24, 2.45) is 4.99 Å². The smallest absolute Gasteiger partial charge is 0.228 e. The molecular weight excluding hydrogens is 332 g/mol. The summed E-state index contributed by atoms with van der Waals surface area (Å²) in [6, 6.07) is 8.05. The summed E-state index contributed by atoms with van der Waals surface area (Å²) in [5.41, 5.74) is 2.09. The quantitative estimate of drug-likeness (QED) is 0.600. The van der Waals surface area contributed by atoms with Gasteiger partial charge in [0.15, 0.2) is 11.8 Å². The van der Waals surface area contributed by atoms with E-state index in [-0.39, 0.29) is 5.91 Å². The Labute approximate surface area is 152 Å². The predicted molar refractivity (Wildman–Crippen MR) is 99.0 cm³/mol. The Balaban J connectivity index is 1.45. The van der Waals surface area contributed by atoms with Crippen LogP contribution in [-0.4, -0.2) is 42.1 Å². The summed E-state index contributed by atoms with van der Waals surface area (Å²) in [5, 5.41) is 10.3. The highest BCUT2D eigenvalue weighted by atomic mass is 16.5. The highest BCUT2D eigenvalue weighted by molar-refractivity contribution is 5.95. The van der Waals surface area contributed by atoms with Gasteiger partial charge in [0.1, 0.15) is 0 Å². The number of nitrogens with one attached hydrogen (secondary N) is 2. The first kappa shape index (κ1) is 17.9. The normalized spacial score (nSPS) is 14.8. The van der Waals surface area contributed by atoms with Crippen molar-refractivity contribution in [2.45, 2.75) is 32.7 Å². The van der Waals surface area contributed by atoms with Crippen LogP contribution >= 0.6 is 0 Å². The van der Waals surface area contributed by atoms with Crippen LogP contribution in [0, 0.1) is 6.92 Å². The van der Waals surface area contributed by atoms with E-state index in [1.165, 1.54) is 0 Å². The molecule has 1 aromatic carbocycles. The number of rotatable bonds is 6. The van der Waals surface area contributed by atoms with Crippen LogP contribution in [-0.2, 0) is 17.8 Å². The molecule has 1 fully saturated rings. The van der Waals surface area contributed by atoms with Crippen molar-refractivity contribution in [2.75, 3.05) is 25.0 Å². The molecule has 138 valence electrons. The standard InChI is InChI=1S/C18H24N6O2/c1-13-22-16(26-23-13)9-10-20-18(19-2)21-12-14-5-7-15(8-6-14)24-11-3-4-17(24)25/h5-8H,3-4,9-12H2,1-2H3,(H2,19,20,21). The zero-order valence-corrected chi connectivity index (χ0v) is 15.2. The lowest BCUT2D eigenvalue weighted by molar-refractivity contribution is -0.117. The summed E-state index contributed by atoms with van der Waals surface area (Å²) in [4.78, 5) is 22.0. The molecule has 1 amide bonds. The second-order valence-electron chi connectivity index (χ2n) is 6.15. The zero-order chi connectivity index (χ0) is 18.4. The highest BCUT2D eigenvalue weighted by Gasteiger charge is 2.21. The van der Waals surface area contributed by atoms with Gasteiger partial charge in [-0.05, 0) is 31.0 Å². The summed E-state index contributed by atoms with van der Waals surface area (Å²) in [5.74, 6) is 2.16. The first-order valence-corrected chi connectivity index (χ1v) is 8.79. The number of aliphatic imine (C=N–C) groups is 1. The minimum absolute atomic E-state index is 0.205. The van der Waals surface area contributed by atoms with E-state index < -0.39 is 0 Å². The van der Waals surface area contributed by atoms with Crippen LogP contribution in [0.15, 0.2) is 33.8 Å². The Morgan fingerprint density at radius 3 is 2.73 bits per heavy atom. The van der Waals surface area contributed by atoms with E-state index in [2.05, 4.69) is 25.8 Å². The van der Waals surface area contributed by atoms with Gasteiger partial charge in [0.05, 0.1) is 0 Å². The summed E-state index contributed by atoms with van der Waals surface area (Å²) in [7, 11) is 1.73. The van der Waals surface area contributed by atoms with E-state index >= 15 is 0 Å². The first-order valence-electron chi connectivity index (χ1n) is 8.79. The Bertz CT molecular complexity index is 768. The Kier molecular flexibility index (Phi) is 5.83. The molecule has 0 radical (unpaired) electrons. The molecule has 2 heterocycles. The molecule has 0 unspecified atom stereocenters. The van der Waals surface area contributed by atoms with Gasteiger partial charge in [0.25, 0.3) is 0 Å². The molecule has 3 rings (SSSR count). The molecule has 26 heavy (non-hydrogen) atoms. The van der Waals surface area contributed by atoms with Gasteiger partial charge in [-0.2, -0.15) is 4.98 Å². The van der Waals surface area contributed by atoms with E-state index in [1.807, 2.05) is 29.2 Å². The number of guanidine groups is 1. The molecule has 1 aliphatic rings. The summed E-state index contributed by atoms with van der Waals surface area (Å²) in [6.07, 6.45) is 2.22. The second kappa shape index (κ2) is 8.46. The number of aromatic nitrogens is 2. The van der Waals surface area contributed by atoms with Gasteiger partial charge >= 0.3 is 0 Å². The lowest BCUT2D eigenvalue weighted by Gasteiger charge is -2.16. The lowest BCUT2D eigenvalue weighted by Crippen LogP contribution is -2.37. The van der Waals surface area contributed by atoms with Crippen molar-refractivity contribution in [1.29, 1.82) is 0 Å². The Hall–Kier alpha value is -2.90. The van der Waals surface area contributed by atoms with Crippen LogP contribution in [0.5, 0.6) is 0 Å². The number of amides is 1. The maximum Gasteiger partial charge on any atom is 0.228 e. The van der Waals surface area contributed by atoms with Crippen molar-refractivity contribution in [3.05, 3.63) is 41.5 Å². The van der Waals surface area contributed by atoms with Crippen LogP contribution in [0.1, 0.15) is 30.1 Å². The molecule has 0 bridgehead atoms. The Morgan fingerprint density at radius 1 is 1.31 bits per heavy atom. The van der Waals surface area contributed by atoms with E-state index in [1.54, 1.807) is 14.0 Å². The molecular formula is C18H24N6O2. The number of aryl methyl sites for hydroxylation is 1. The average molecular weight is 356 g/mol. The van der Waals surface area contributed by atoms with Crippen LogP contribution in [0.3, 0.4) is 0 Å². The van der Waals surface area contributed by atoms with E-state index in [4.69, 9.17) is 4.52 Å². The van der Waals surface area contributed by atoms with Crippen molar-refractivity contribution in [3.63, 3.8) is 0 Å². The lowest BCUT2D eigenvalue weighted by atomic mass is 10.2. The average Bonchev–Trinajstić information content (AvgIpc) is 3.26. The molecule has 2 aromatic rings.